The molecule has 20 heavy (non-hydrogen) atoms. The van der Waals surface area contributed by atoms with Crippen molar-refractivity contribution in [2.24, 2.45) is 0 Å². The fraction of sp³-hybridized carbons (Fsp3) is 0.308. The van der Waals surface area contributed by atoms with E-state index in [-0.39, 0.29) is 16.9 Å². The summed E-state index contributed by atoms with van der Waals surface area (Å²) in [6, 6.07) is 5.88. The van der Waals surface area contributed by atoms with Gasteiger partial charge in [-0.25, -0.2) is 0 Å². The van der Waals surface area contributed by atoms with Crippen LogP contribution in [0.25, 0.3) is 10.9 Å². The highest BCUT2D eigenvalue weighted by Gasteiger charge is 2.28. The van der Waals surface area contributed by atoms with Crippen molar-refractivity contribution in [3.63, 3.8) is 0 Å². The summed E-state index contributed by atoms with van der Waals surface area (Å²) in [7, 11) is 0. The molecule has 1 aliphatic rings. The van der Waals surface area contributed by atoms with Crippen LogP contribution in [0.2, 0.25) is 0 Å². The number of benzene rings is 1. The number of hydrogen-bond acceptors (Lipinski definition) is 2. The van der Waals surface area contributed by atoms with Gasteiger partial charge in [0.2, 0.25) is 0 Å². The third-order valence-electron chi connectivity index (χ3n) is 3.71. The van der Waals surface area contributed by atoms with Crippen molar-refractivity contribution in [2.75, 3.05) is 0 Å². The van der Waals surface area contributed by atoms with Gasteiger partial charge in [-0.1, -0.05) is 31.5 Å². The summed E-state index contributed by atoms with van der Waals surface area (Å²) in [5.74, 6) is 0.131. The van der Waals surface area contributed by atoms with E-state index in [1.807, 2.05) is 18.2 Å². The maximum Gasteiger partial charge on any atom is 0.514 e. The molecule has 1 aromatic carbocycles. The minimum absolute atomic E-state index is 0.0966. The number of halogens is 2. The van der Waals surface area contributed by atoms with Gasteiger partial charge in [-0.3, -0.25) is 4.79 Å². The third-order valence-corrected chi connectivity index (χ3v) is 4.08. The lowest BCUT2D eigenvalue weighted by Crippen LogP contribution is -2.03. The summed E-state index contributed by atoms with van der Waals surface area (Å²) in [5, 5.41) is 10.1. The fourth-order valence-electron chi connectivity index (χ4n) is 2.92. The van der Waals surface area contributed by atoms with Crippen LogP contribution in [0.5, 0.6) is 5.75 Å². The highest BCUT2D eigenvalue weighted by Crippen LogP contribution is 2.40. The van der Waals surface area contributed by atoms with Crippen LogP contribution < -0.4 is 4.65 Å². The standard InChI is InChI=1S/C13H12BBr2NO3/c15-14(16)20-8-2-4-11-10(6-8)9-3-1-7(5-12(18)19)13(9)17-11/h2,4,6-7,17H,1,3,5H2,(H,18,19)/t7-/m1/s1. The minimum atomic E-state index is -0.744. The number of aromatic nitrogens is 1. The monoisotopic (exact) mass is 399 g/mol. The molecule has 0 amide bonds. The molecule has 0 saturated carbocycles. The van der Waals surface area contributed by atoms with Gasteiger partial charge in [-0.2, -0.15) is 0 Å². The Morgan fingerprint density at radius 3 is 3.00 bits per heavy atom. The van der Waals surface area contributed by atoms with Crippen molar-refractivity contribution < 1.29 is 14.6 Å². The molecule has 0 fully saturated rings. The first-order valence-corrected chi connectivity index (χ1v) is 8.19. The van der Waals surface area contributed by atoms with E-state index >= 15 is 0 Å². The van der Waals surface area contributed by atoms with E-state index in [9.17, 15) is 4.79 Å². The Bertz CT molecular complexity index is 671. The number of hydrogen-bond donors (Lipinski definition) is 2. The highest BCUT2D eigenvalue weighted by atomic mass is 79.9. The number of aliphatic carboxylic acids is 1. The van der Waals surface area contributed by atoms with Gasteiger partial charge in [0.25, 0.3) is 0 Å². The van der Waals surface area contributed by atoms with Gasteiger partial charge in [0, 0.05) is 22.5 Å². The maximum atomic E-state index is 10.9. The molecule has 104 valence electrons. The molecule has 0 aliphatic heterocycles. The molecule has 1 heterocycles. The molecule has 1 atom stereocenters. The van der Waals surface area contributed by atoms with Gasteiger partial charge < -0.3 is 14.7 Å². The number of carboxylic acid groups (broad SMARTS) is 1. The number of aromatic amines is 1. The molecule has 0 unspecified atom stereocenters. The van der Waals surface area contributed by atoms with Crippen molar-refractivity contribution in [1.29, 1.82) is 0 Å². The summed E-state index contributed by atoms with van der Waals surface area (Å²) < 4.78 is 5.35. The zero-order chi connectivity index (χ0) is 14.3. The SMILES string of the molecule is O=C(O)C[C@H]1CCc2c1[nH]c1ccc(OB(Br)Br)cc21. The second kappa shape index (κ2) is 5.45. The van der Waals surface area contributed by atoms with E-state index in [2.05, 4.69) is 36.5 Å². The van der Waals surface area contributed by atoms with E-state index in [0.29, 0.717) is 0 Å². The number of carboxylic acids is 1. The lowest BCUT2D eigenvalue weighted by molar-refractivity contribution is -0.137. The van der Waals surface area contributed by atoms with Crippen molar-refractivity contribution in [3.8, 4) is 5.75 Å². The number of carbonyl (C=O) groups is 1. The summed E-state index contributed by atoms with van der Waals surface area (Å²) in [6.07, 6.45) is 2.00. The van der Waals surface area contributed by atoms with E-state index in [1.54, 1.807) is 0 Å². The average Bonchev–Trinajstić information content (AvgIpc) is 2.88. The largest absolute Gasteiger partial charge is 0.541 e. The highest BCUT2D eigenvalue weighted by molar-refractivity contribution is 9.48. The molecular weight excluding hydrogens is 389 g/mol. The molecule has 0 spiro atoms. The molecule has 4 nitrogen and oxygen atoms in total. The Morgan fingerprint density at radius 1 is 1.50 bits per heavy atom. The van der Waals surface area contributed by atoms with Crippen LogP contribution in [0.15, 0.2) is 18.2 Å². The number of aryl methyl sites for hydroxylation is 1. The fourth-order valence-corrected chi connectivity index (χ4v) is 3.35. The lowest BCUT2D eigenvalue weighted by atomic mass is 10.0. The second-order valence-electron chi connectivity index (χ2n) is 4.94. The van der Waals surface area contributed by atoms with Crippen LogP contribution in [-0.2, 0) is 11.2 Å². The van der Waals surface area contributed by atoms with Gasteiger partial charge in [-0.15, -0.1) is 0 Å². The van der Waals surface area contributed by atoms with Crippen molar-refractivity contribution >= 4 is 52.9 Å². The normalized spacial score (nSPS) is 17.2. The predicted molar refractivity (Wildman–Crippen MR) is 85.8 cm³/mol. The van der Waals surface area contributed by atoms with Gasteiger partial charge in [0.15, 0.2) is 0 Å². The molecule has 1 aliphatic carbocycles. The number of rotatable bonds is 4. The summed E-state index contributed by atoms with van der Waals surface area (Å²) in [5.41, 5.74) is 3.35. The number of nitrogens with one attached hydrogen (secondary N) is 1. The Kier molecular flexibility index (Phi) is 3.82. The third kappa shape index (κ3) is 2.61. The number of H-pyrrole nitrogens is 1. The van der Waals surface area contributed by atoms with Crippen LogP contribution >= 0.6 is 31.5 Å². The van der Waals surface area contributed by atoms with Crippen molar-refractivity contribution in [3.05, 3.63) is 29.5 Å². The van der Waals surface area contributed by atoms with Crippen LogP contribution in [0, 0.1) is 0 Å². The van der Waals surface area contributed by atoms with E-state index in [1.165, 1.54) is 5.56 Å². The zero-order valence-corrected chi connectivity index (χ0v) is 13.7. The van der Waals surface area contributed by atoms with E-state index in [4.69, 9.17) is 9.76 Å². The topological polar surface area (TPSA) is 62.3 Å². The molecule has 0 bridgehead atoms. The Labute approximate surface area is 132 Å². The molecule has 2 N–H and O–H groups in total. The molecular formula is C13H12BBr2NO3. The Balaban J connectivity index is 1.99. The second-order valence-corrected chi connectivity index (χ2v) is 7.83. The first-order chi connectivity index (χ1) is 9.54. The van der Waals surface area contributed by atoms with Gasteiger partial charge >= 0.3 is 10.5 Å². The molecule has 1 aromatic heterocycles. The predicted octanol–water partition coefficient (Wildman–Crippen LogP) is 3.83. The lowest BCUT2D eigenvalue weighted by Gasteiger charge is -2.06. The number of fused-ring (bicyclic) bond motifs is 3. The quantitative estimate of drug-likeness (QED) is 0.767. The first kappa shape index (κ1) is 14.0. The van der Waals surface area contributed by atoms with Gasteiger partial charge in [0.1, 0.15) is 5.75 Å². The molecule has 0 saturated heterocycles. The average molecular weight is 401 g/mol. The van der Waals surface area contributed by atoms with Crippen LogP contribution in [0.3, 0.4) is 0 Å². The smallest absolute Gasteiger partial charge is 0.514 e. The molecule has 2 aromatic rings. The molecule has 7 heteroatoms. The van der Waals surface area contributed by atoms with Gasteiger partial charge in [-0.05, 0) is 36.6 Å². The van der Waals surface area contributed by atoms with E-state index < -0.39 is 5.97 Å². The van der Waals surface area contributed by atoms with Crippen LogP contribution in [0.4, 0.5) is 0 Å². The summed E-state index contributed by atoms with van der Waals surface area (Å²) in [6.45, 7) is 0. The summed E-state index contributed by atoms with van der Waals surface area (Å²) in [4.78, 5) is 14.3. The Morgan fingerprint density at radius 2 is 2.30 bits per heavy atom. The minimum Gasteiger partial charge on any atom is -0.541 e. The van der Waals surface area contributed by atoms with E-state index in [0.717, 1.165) is 35.2 Å². The molecule has 3 rings (SSSR count). The van der Waals surface area contributed by atoms with Crippen molar-refractivity contribution in [2.45, 2.75) is 25.2 Å². The first-order valence-electron chi connectivity index (χ1n) is 6.35. The van der Waals surface area contributed by atoms with Gasteiger partial charge in [0.05, 0.1) is 6.42 Å². The van der Waals surface area contributed by atoms with Crippen LogP contribution in [-0.4, -0.2) is 20.6 Å². The van der Waals surface area contributed by atoms with Crippen molar-refractivity contribution in [1.82, 2.24) is 4.98 Å². The maximum absolute atomic E-state index is 10.9. The summed E-state index contributed by atoms with van der Waals surface area (Å²) >= 11 is 6.57. The Hall–Kier alpha value is -0.945. The molecule has 0 radical (unpaired) electrons. The zero-order valence-electron chi connectivity index (χ0n) is 10.5. The van der Waals surface area contributed by atoms with Crippen LogP contribution in [0.1, 0.15) is 30.0 Å².